The number of thioether (sulfide) groups is 1. The monoisotopic (exact) mass is 447 g/mol. The molecule has 0 spiro atoms. The van der Waals surface area contributed by atoms with E-state index in [1.165, 1.54) is 61.0 Å². The number of aliphatic hydroxyl groups excluding tert-OH is 1. The Kier molecular flexibility index (Phi) is 6.76. The molecule has 0 aliphatic carbocycles. The van der Waals surface area contributed by atoms with Crippen LogP contribution < -0.4 is 5.32 Å². The number of β-lactam (4-membered cyclic amide) rings is 1. The molecule has 0 unspecified atom stereocenters. The predicted molar refractivity (Wildman–Crippen MR) is 111 cm³/mol. The van der Waals surface area contributed by atoms with Gasteiger partial charge in [-0.1, -0.05) is 11.8 Å². The molecule has 1 fully saturated rings. The van der Waals surface area contributed by atoms with Crippen LogP contribution in [0.2, 0.25) is 0 Å². The van der Waals surface area contributed by atoms with E-state index in [0.29, 0.717) is 16.9 Å². The Labute approximate surface area is 182 Å². The normalized spacial score (nSPS) is 21.0. The van der Waals surface area contributed by atoms with E-state index in [1.54, 1.807) is 5.41 Å². The number of ether oxygens (including phenoxy) is 1. The van der Waals surface area contributed by atoms with Crippen LogP contribution in [0, 0.1) is 16.0 Å². The lowest BCUT2D eigenvalue weighted by Gasteiger charge is -2.44. The molecule has 1 aromatic rings. The summed E-state index contributed by atoms with van der Waals surface area (Å²) in [6, 6.07) is 5.27. The van der Waals surface area contributed by atoms with Gasteiger partial charge in [0.25, 0.3) is 5.69 Å². The van der Waals surface area contributed by atoms with E-state index in [9.17, 15) is 29.6 Å². The number of rotatable bonds is 8. The maximum Gasteiger partial charge on any atom is 0.356 e. The van der Waals surface area contributed by atoms with Gasteiger partial charge in [0.2, 0.25) is 11.8 Å². The molecule has 31 heavy (non-hydrogen) atoms. The van der Waals surface area contributed by atoms with Crippen LogP contribution in [0.3, 0.4) is 0 Å². The van der Waals surface area contributed by atoms with Gasteiger partial charge in [-0.05, 0) is 30.0 Å². The predicted octanol–water partition coefficient (Wildman–Crippen LogP) is 1.80. The van der Waals surface area contributed by atoms with Crippen molar-refractivity contribution >= 4 is 35.2 Å². The fourth-order valence-electron chi connectivity index (χ4n) is 3.52. The van der Waals surface area contributed by atoms with Crippen LogP contribution in [-0.4, -0.2) is 44.9 Å². The average Bonchev–Trinajstić information content (AvgIpc) is 3.03. The first kappa shape index (κ1) is 22.5. The van der Waals surface area contributed by atoms with Gasteiger partial charge in [-0.2, -0.15) is 0 Å². The molecule has 10 nitrogen and oxygen atoms in total. The third kappa shape index (κ3) is 4.78. The number of non-ortho nitro benzene ring substituents is 1. The SMILES string of the molecule is CC(=O)NC=CSC1=C(C(=O)OCc2ccc([N+](=O)[O-])cc2)N2C(=O)[C@H]([C@H](C)O)[C@H]2C1. The maximum absolute atomic E-state index is 12.8. The molecule has 0 radical (unpaired) electrons. The van der Waals surface area contributed by atoms with Crippen molar-refractivity contribution in [1.29, 1.82) is 0 Å². The van der Waals surface area contributed by atoms with E-state index in [1.807, 2.05) is 0 Å². The number of nitrogens with zero attached hydrogens (tertiary/aromatic N) is 2. The summed E-state index contributed by atoms with van der Waals surface area (Å²) >= 11 is 1.19. The fourth-order valence-corrected chi connectivity index (χ4v) is 4.39. The number of aliphatic hydroxyl groups is 1. The van der Waals surface area contributed by atoms with Gasteiger partial charge in [-0.3, -0.25) is 19.7 Å². The van der Waals surface area contributed by atoms with Crippen molar-refractivity contribution in [2.45, 2.75) is 39.0 Å². The fraction of sp³-hybridized carbons (Fsp3) is 0.350. The molecular weight excluding hydrogens is 426 g/mol. The molecule has 2 heterocycles. The molecule has 3 atom stereocenters. The number of fused-ring (bicyclic) bond motifs is 1. The lowest BCUT2D eigenvalue weighted by atomic mass is 9.83. The Morgan fingerprint density at radius 1 is 1.42 bits per heavy atom. The number of hydrogen-bond donors (Lipinski definition) is 2. The number of nitro benzene ring substituents is 1. The highest BCUT2D eigenvalue weighted by Gasteiger charge is 2.56. The summed E-state index contributed by atoms with van der Waals surface area (Å²) in [6.45, 7) is 2.78. The van der Waals surface area contributed by atoms with Crippen LogP contribution in [0.15, 0.2) is 46.5 Å². The van der Waals surface area contributed by atoms with Crippen LogP contribution in [0.4, 0.5) is 5.69 Å². The molecule has 2 aliphatic rings. The highest BCUT2D eigenvalue weighted by atomic mass is 32.2. The Hall–Kier alpha value is -3.18. The van der Waals surface area contributed by atoms with Crippen LogP contribution in [0.1, 0.15) is 25.8 Å². The number of benzene rings is 1. The second-order valence-corrected chi connectivity index (χ2v) is 8.14. The van der Waals surface area contributed by atoms with Crippen LogP contribution in [0.25, 0.3) is 0 Å². The minimum atomic E-state index is -0.842. The standard InChI is InChI=1S/C20H21N3O7S/c1-11(24)17-15-9-16(31-8-7-21-12(2)25)18(22(15)19(17)26)20(27)30-10-13-3-5-14(6-4-13)23(28)29/h3-8,11,15,17,24H,9-10H2,1-2H3,(H,21,25)/t11-,15+,17+/m0/s1. The second-order valence-electron chi connectivity index (χ2n) is 7.14. The van der Waals surface area contributed by atoms with Gasteiger partial charge in [0.15, 0.2) is 0 Å². The first-order valence-electron chi connectivity index (χ1n) is 9.44. The van der Waals surface area contributed by atoms with Crippen molar-refractivity contribution in [2.24, 2.45) is 5.92 Å². The lowest BCUT2D eigenvalue weighted by Crippen LogP contribution is -2.61. The minimum Gasteiger partial charge on any atom is -0.456 e. The first-order chi connectivity index (χ1) is 14.7. The lowest BCUT2D eigenvalue weighted by molar-refractivity contribution is -0.384. The van der Waals surface area contributed by atoms with E-state index < -0.39 is 22.9 Å². The number of esters is 1. The third-order valence-electron chi connectivity index (χ3n) is 4.96. The molecule has 0 aromatic heterocycles. The number of amides is 2. The van der Waals surface area contributed by atoms with Crippen LogP contribution in [0.5, 0.6) is 0 Å². The van der Waals surface area contributed by atoms with E-state index in [2.05, 4.69) is 5.32 Å². The summed E-state index contributed by atoms with van der Waals surface area (Å²) in [5.74, 6) is -1.87. The van der Waals surface area contributed by atoms with Gasteiger partial charge in [-0.15, -0.1) is 0 Å². The number of carbonyl (C=O) groups is 3. The zero-order chi connectivity index (χ0) is 22.7. The van der Waals surface area contributed by atoms with Crippen molar-refractivity contribution in [2.75, 3.05) is 0 Å². The molecule has 164 valence electrons. The van der Waals surface area contributed by atoms with E-state index >= 15 is 0 Å². The zero-order valence-corrected chi connectivity index (χ0v) is 17.6. The van der Waals surface area contributed by atoms with Gasteiger partial charge in [0.1, 0.15) is 12.3 Å². The zero-order valence-electron chi connectivity index (χ0n) is 16.8. The summed E-state index contributed by atoms with van der Waals surface area (Å²) in [4.78, 5) is 48.5. The summed E-state index contributed by atoms with van der Waals surface area (Å²) in [5.41, 5.74) is 0.605. The molecule has 0 saturated carbocycles. The van der Waals surface area contributed by atoms with Crippen molar-refractivity contribution < 1.29 is 29.2 Å². The highest BCUT2D eigenvalue weighted by Crippen LogP contribution is 2.47. The van der Waals surface area contributed by atoms with Gasteiger partial charge in [0, 0.05) is 36.6 Å². The van der Waals surface area contributed by atoms with E-state index in [-0.39, 0.29) is 35.8 Å². The topological polar surface area (TPSA) is 139 Å². The van der Waals surface area contributed by atoms with Crippen LogP contribution >= 0.6 is 11.8 Å². The molecule has 2 aliphatic heterocycles. The van der Waals surface area contributed by atoms with E-state index in [0.717, 1.165) is 0 Å². The second kappa shape index (κ2) is 9.31. The van der Waals surface area contributed by atoms with E-state index in [4.69, 9.17) is 4.74 Å². The average molecular weight is 447 g/mol. The quantitative estimate of drug-likeness (QED) is 0.266. The molecule has 11 heteroatoms. The van der Waals surface area contributed by atoms with Crippen LogP contribution in [-0.2, 0) is 25.7 Å². The Balaban J connectivity index is 1.74. The van der Waals surface area contributed by atoms with Crippen molar-refractivity contribution in [3.63, 3.8) is 0 Å². The minimum absolute atomic E-state index is 0.0728. The van der Waals surface area contributed by atoms with Gasteiger partial charge in [-0.25, -0.2) is 4.79 Å². The summed E-state index contributed by atoms with van der Waals surface area (Å²) in [5, 5.41) is 24.7. The first-order valence-corrected chi connectivity index (χ1v) is 10.3. The van der Waals surface area contributed by atoms with Crippen molar-refractivity contribution in [3.05, 3.63) is 62.2 Å². The maximum atomic E-state index is 12.8. The summed E-state index contributed by atoms with van der Waals surface area (Å²) in [6.07, 6.45) is 0.979. The molecule has 2 amide bonds. The molecule has 0 bridgehead atoms. The smallest absolute Gasteiger partial charge is 0.356 e. The Morgan fingerprint density at radius 2 is 2.10 bits per heavy atom. The van der Waals surface area contributed by atoms with Gasteiger partial charge < -0.3 is 20.1 Å². The van der Waals surface area contributed by atoms with Gasteiger partial charge >= 0.3 is 5.97 Å². The van der Waals surface area contributed by atoms with Gasteiger partial charge in [0.05, 0.1) is 23.0 Å². The Morgan fingerprint density at radius 3 is 2.68 bits per heavy atom. The summed E-state index contributed by atoms with van der Waals surface area (Å²) in [7, 11) is 0. The highest BCUT2D eigenvalue weighted by molar-refractivity contribution is 8.05. The number of nitrogens with one attached hydrogen (secondary N) is 1. The molecular formula is C20H21N3O7S. The number of carbonyl (C=O) groups excluding carboxylic acids is 3. The molecule has 3 rings (SSSR count). The summed E-state index contributed by atoms with van der Waals surface area (Å²) < 4.78 is 5.35. The molecule has 2 N–H and O–H groups in total. The Bertz CT molecular complexity index is 971. The van der Waals surface area contributed by atoms with Crippen molar-refractivity contribution in [1.82, 2.24) is 10.2 Å². The largest absolute Gasteiger partial charge is 0.456 e. The molecule has 1 saturated heterocycles. The number of nitro groups is 1. The van der Waals surface area contributed by atoms with Crippen molar-refractivity contribution in [3.8, 4) is 0 Å². The third-order valence-corrected chi connectivity index (χ3v) is 5.88. The number of hydrogen-bond acceptors (Lipinski definition) is 8. The molecule has 1 aromatic carbocycles.